The number of nitrogens with zero attached hydrogens (tertiary/aromatic N) is 1. The first-order valence-electron chi connectivity index (χ1n) is 8.95. The molecule has 0 fully saturated rings. The van der Waals surface area contributed by atoms with Gasteiger partial charge in [-0.1, -0.05) is 29.8 Å². The highest BCUT2D eigenvalue weighted by atomic mass is 35.5. The molecule has 0 aliphatic carbocycles. The van der Waals surface area contributed by atoms with E-state index in [2.05, 4.69) is 10.3 Å². The molecule has 3 aromatic carbocycles. The molecule has 0 saturated carbocycles. The quantitative estimate of drug-likeness (QED) is 0.421. The fourth-order valence-corrected chi connectivity index (χ4v) is 4.19. The Labute approximate surface area is 179 Å². The molecule has 4 rings (SSSR count). The molecular formula is C22H17ClN2O4S. The van der Waals surface area contributed by atoms with Crippen molar-refractivity contribution in [1.82, 2.24) is 4.98 Å². The summed E-state index contributed by atoms with van der Waals surface area (Å²) in [7, 11) is -2.39. The SMILES string of the molecule is COc1ccc(-c2nc(S(=O)(=O)c3ccc(Cl)cc3)c(Nc3ccccc3)o2)cc1. The van der Waals surface area contributed by atoms with Gasteiger partial charge in [0.2, 0.25) is 26.6 Å². The summed E-state index contributed by atoms with van der Waals surface area (Å²) < 4.78 is 37.6. The molecule has 0 spiro atoms. The highest BCUT2D eigenvalue weighted by molar-refractivity contribution is 7.91. The van der Waals surface area contributed by atoms with Crippen molar-refractivity contribution in [3.05, 3.63) is 83.9 Å². The highest BCUT2D eigenvalue weighted by Gasteiger charge is 2.28. The van der Waals surface area contributed by atoms with E-state index in [4.69, 9.17) is 20.8 Å². The zero-order valence-electron chi connectivity index (χ0n) is 15.9. The van der Waals surface area contributed by atoms with Crippen LogP contribution in [0.15, 0.2) is 93.2 Å². The lowest BCUT2D eigenvalue weighted by atomic mass is 10.2. The predicted molar refractivity (Wildman–Crippen MR) is 115 cm³/mol. The second-order valence-corrected chi connectivity index (χ2v) is 8.63. The molecule has 0 bridgehead atoms. The van der Waals surface area contributed by atoms with Crippen LogP contribution in [0, 0.1) is 0 Å². The third-order valence-electron chi connectivity index (χ3n) is 4.34. The van der Waals surface area contributed by atoms with Crippen molar-refractivity contribution in [2.75, 3.05) is 12.4 Å². The van der Waals surface area contributed by atoms with Crippen molar-refractivity contribution in [1.29, 1.82) is 0 Å². The van der Waals surface area contributed by atoms with Crippen molar-refractivity contribution >= 4 is 33.0 Å². The van der Waals surface area contributed by atoms with Gasteiger partial charge in [-0.15, -0.1) is 0 Å². The normalized spacial score (nSPS) is 11.3. The number of aromatic nitrogens is 1. The van der Waals surface area contributed by atoms with Crippen LogP contribution in [0.25, 0.3) is 11.5 Å². The van der Waals surface area contributed by atoms with Crippen LogP contribution < -0.4 is 10.1 Å². The van der Waals surface area contributed by atoms with Gasteiger partial charge in [0.05, 0.1) is 12.0 Å². The minimum absolute atomic E-state index is 0.0296. The summed E-state index contributed by atoms with van der Waals surface area (Å²) in [6, 6.07) is 22.0. The number of benzene rings is 3. The molecule has 0 aliphatic heterocycles. The van der Waals surface area contributed by atoms with Gasteiger partial charge in [0.15, 0.2) is 0 Å². The summed E-state index contributed by atoms with van der Waals surface area (Å²) in [5.74, 6) is 0.868. The number of hydrogen-bond acceptors (Lipinski definition) is 6. The molecule has 8 heteroatoms. The van der Waals surface area contributed by atoms with Gasteiger partial charge in [-0.05, 0) is 60.7 Å². The average Bonchev–Trinajstić information content (AvgIpc) is 3.19. The number of halogens is 1. The van der Waals surface area contributed by atoms with Crippen molar-refractivity contribution in [2.45, 2.75) is 9.92 Å². The number of methoxy groups -OCH3 is 1. The van der Waals surface area contributed by atoms with Crippen LogP contribution in [-0.4, -0.2) is 20.5 Å². The lowest BCUT2D eigenvalue weighted by Crippen LogP contribution is -2.05. The summed E-state index contributed by atoms with van der Waals surface area (Å²) in [5.41, 5.74) is 1.28. The van der Waals surface area contributed by atoms with Crippen LogP contribution in [0.2, 0.25) is 5.02 Å². The van der Waals surface area contributed by atoms with E-state index in [0.717, 1.165) is 0 Å². The molecule has 1 N–H and O–H groups in total. The third kappa shape index (κ3) is 4.03. The first kappa shape index (κ1) is 20.0. The Hall–Kier alpha value is -3.29. The summed E-state index contributed by atoms with van der Waals surface area (Å²) >= 11 is 5.90. The second kappa shape index (κ2) is 8.22. The predicted octanol–water partition coefficient (Wildman–Crippen LogP) is 5.58. The van der Waals surface area contributed by atoms with Crippen LogP contribution in [-0.2, 0) is 9.84 Å². The number of sulfone groups is 1. The minimum atomic E-state index is -3.96. The molecule has 0 atom stereocenters. The second-order valence-electron chi connectivity index (χ2n) is 6.33. The zero-order valence-corrected chi connectivity index (χ0v) is 17.4. The molecule has 0 unspecified atom stereocenters. The summed E-state index contributed by atoms with van der Waals surface area (Å²) in [4.78, 5) is 4.38. The third-order valence-corrected chi connectivity index (χ3v) is 6.27. The molecule has 6 nitrogen and oxygen atoms in total. The largest absolute Gasteiger partial charge is 0.497 e. The van der Waals surface area contributed by atoms with Gasteiger partial charge in [0.25, 0.3) is 0 Å². The molecule has 0 radical (unpaired) electrons. The standard InChI is InChI=1S/C22H17ClN2O4S/c1-28-18-11-7-15(8-12-18)20-25-22(21(29-20)24-17-5-3-2-4-6-17)30(26,27)19-13-9-16(23)10-14-19/h2-14,24H,1H3. The van der Waals surface area contributed by atoms with E-state index in [1.165, 1.54) is 24.3 Å². The molecule has 1 heterocycles. The molecule has 0 saturated heterocycles. The maximum atomic E-state index is 13.3. The van der Waals surface area contributed by atoms with E-state index in [0.29, 0.717) is 22.0 Å². The number of anilines is 2. The fourth-order valence-electron chi connectivity index (χ4n) is 2.80. The number of ether oxygens (including phenoxy) is 1. The smallest absolute Gasteiger partial charge is 0.238 e. The van der Waals surface area contributed by atoms with Crippen LogP contribution in [0.3, 0.4) is 0 Å². The van der Waals surface area contributed by atoms with Gasteiger partial charge in [-0.3, -0.25) is 0 Å². The van der Waals surface area contributed by atoms with E-state index < -0.39 is 9.84 Å². The monoisotopic (exact) mass is 440 g/mol. The Kier molecular flexibility index (Phi) is 5.48. The van der Waals surface area contributed by atoms with Gasteiger partial charge < -0.3 is 14.5 Å². The zero-order chi connectivity index (χ0) is 21.1. The van der Waals surface area contributed by atoms with Gasteiger partial charge in [-0.25, -0.2) is 8.42 Å². The first-order valence-corrected chi connectivity index (χ1v) is 10.8. The summed E-state index contributed by atoms with van der Waals surface area (Å²) in [5, 5.41) is 3.25. The maximum Gasteiger partial charge on any atom is 0.238 e. The molecule has 1 aromatic heterocycles. The lowest BCUT2D eigenvalue weighted by Gasteiger charge is -2.06. The first-order chi connectivity index (χ1) is 14.5. The number of nitrogens with one attached hydrogen (secondary N) is 1. The molecule has 30 heavy (non-hydrogen) atoms. The number of oxazole rings is 1. The van der Waals surface area contributed by atoms with Crippen LogP contribution in [0.5, 0.6) is 5.75 Å². The van der Waals surface area contributed by atoms with E-state index in [1.807, 2.05) is 18.2 Å². The topological polar surface area (TPSA) is 81.4 Å². The fraction of sp³-hybridized carbons (Fsp3) is 0.0455. The van der Waals surface area contributed by atoms with Crippen LogP contribution in [0.4, 0.5) is 11.6 Å². The van der Waals surface area contributed by atoms with Crippen molar-refractivity contribution in [3.63, 3.8) is 0 Å². The van der Waals surface area contributed by atoms with Gasteiger partial charge in [0, 0.05) is 16.3 Å². The van der Waals surface area contributed by atoms with Crippen molar-refractivity contribution in [2.24, 2.45) is 0 Å². The summed E-state index contributed by atoms with van der Waals surface area (Å²) in [6.07, 6.45) is 0. The Morgan fingerprint density at radius 3 is 2.23 bits per heavy atom. The molecule has 4 aromatic rings. The van der Waals surface area contributed by atoms with Gasteiger partial charge in [0.1, 0.15) is 5.75 Å². The summed E-state index contributed by atoms with van der Waals surface area (Å²) in [6.45, 7) is 0. The Morgan fingerprint density at radius 2 is 1.60 bits per heavy atom. The Balaban J connectivity index is 1.82. The number of hydrogen-bond donors (Lipinski definition) is 1. The molecule has 0 amide bonds. The number of rotatable bonds is 6. The lowest BCUT2D eigenvalue weighted by molar-refractivity contribution is 0.415. The van der Waals surface area contributed by atoms with E-state index >= 15 is 0 Å². The van der Waals surface area contributed by atoms with E-state index in [-0.39, 0.29) is 21.7 Å². The molecular weight excluding hydrogens is 424 g/mol. The molecule has 0 aliphatic rings. The van der Waals surface area contributed by atoms with Crippen LogP contribution in [0.1, 0.15) is 0 Å². The maximum absolute atomic E-state index is 13.3. The highest BCUT2D eigenvalue weighted by Crippen LogP contribution is 2.34. The number of para-hydroxylation sites is 1. The average molecular weight is 441 g/mol. The Morgan fingerprint density at radius 1 is 0.933 bits per heavy atom. The molecule has 152 valence electrons. The van der Waals surface area contributed by atoms with Gasteiger partial charge >= 0.3 is 0 Å². The van der Waals surface area contributed by atoms with Crippen molar-refractivity contribution < 1.29 is 17.6 Å². The Bertz CT molecular complexity index is 1250. The minimum Gasteiger partial charge on any atom is -0.497 e. The van der Waals surface area contributed by atoms with E-state index in [9.17, 15) is 8.42 Å². The van der Waals surface area contributed by atoms with Crippen molar-refractivity contribution in [3.8, 4) is 17.2 Å². The van der Waals surface area contributed by atoms with E-state index in [1.54, 1.807) is 43.5 Å². The van der Waals surface area contributed by atoms with Gasteiger partial charge in [-0.2, -0.15) is 4.98 Å². The van der Waals surface area contributed by atoms with Crippen LogP contribution >= 0.6 is 11.6 Å².